The van der Waals surface area contributed by atoms with Gasteiger partial charge in [0.05, 0.1) is 5.60 Å². The van der Waals surface area contributed by atoms with Gasteiger partial charge < -0.3 is 5.11 Å². The molecule has 2 aliphatic heterocycles. The molecule has 2 saturated heterocycles. The normalized spacial score (nSPS) is 31.8. The zero-order chi connectivity index (χ0) is 12.8. The molecule has 0 aliphatic carbocycles. The van der Waals surface area contributed by atoms with Crippen LogP contribution in [0.3, 0.4) is 0 Å². The van der Waals surface area contributed by atoms with Crippen LogP contribution in [-0.4, -0.2) is 34.7 Å². The number of aliphatic hydroxyl groups is 1. The Morgan fingerprint density at radius 2 is 2.00 bits per heavy atom. The monoisotopic (exact) mass is 253 g/mol. The third-order valence-electron chi connectivity index (χ3n) is 4.36. The van der Waals surface area contributed by atoms with Crippen LogP contribution in [0.1, 0.15) is 24.8 Å². The summed E-state index contributed by atoms with van der Waals surface area (Å²) >= 11 is 0. The SMILES string of the molecule is OC1(Cc2c(F)cccc2F)CCN2CCCC21. The maximum atomic E-state index is 13.7. The summed E-state index contributed by atoms with van der Waals surface area (Å²) < 4.78 is 27.3. The third kappa shape index (κ3) is 1.84. The molecular formula is C14H17F2NO. The Balaban J connectivity index is 1.88. The van der Waals surface area contributed by atoms with Gasteiger partial charge in [-0.3, -0.25) is 4.90 Å². The Morgan fingerprint density at radius 3 is 2.72 bits per heavy atom. The van der Waals surface area contributed by atoms with Crippen LogP contribution in [-0.2, 0) is 6.42 Å². The van der Waals surface area contributed by atoms with E-state index >= 15 is 0 Å². The van der Waals surface area contributed by atoms with Crippen LogP contribution in [0.2, 0.25) is 0 Å². The van der Waals surface area contributed by atoms with Gasteiger partial charge in [-0.25, -0.2) is 8.78 Å². The maximum absolute atomic E-state index is 13.7. The maximum Gasteiger partial charge on any atom is 0.129 e. The highest BCUT2D eigenvalue weighted by Gasteiger charge is 2.48. The van der Waals surface area contributed by atoms with Crippen LogP contribution in [0.25, 0.3) is 0 Å². The molecule has 0 bridgehead atoms. The summed E-state index contributed by atoms with van der Waals surface area (Å²) in [6.07, 6.45) is 2.66. The summed E-state index contributed by atoms with van der Waals surface area (Å²) in [6.45, 7) is 1.82. The van der Waals surface area contributed by atoms with E-state index in [0.29, 0.717) is 6.42 Å². The second-order valence-electron chi connectivity index (χ2n) is 5.42. The van der Waals surface area contributed by atoms with E-state index in [4.69, 9.17) is 0 Å². The van der Waals surface area contributed by atoms with Gasteiger partial charge in [0.15, 0.2) is 0 Å². The summed E-state index contributed by atoms with van der Waals surface area (Å²) in [4.78, 5) is 2.23. The Labute approximate surface area is 105 Å². The van der Waals surface area contributed by atoms with Crippen molar-refractivity contribution in [1.82, 2.24) is 4.90 Å². The fraction of sp³-hybridized carbons (Fsp3) is 0.571. The first-order chi connectivity index (χ1) is 8.60. The van der Waals surface area contributed by atoms with E-state index in [1.807, 2.05) is 0 Å². The topological polar surface area (TPSA) is 23.5 Å². The summed E-state index contributed by atoms with van der Waals surface area (Å²) in [5.74, 6) is -1.11. The minimum Gasteiger partial charge on any atom is -0.388 e. The van der Waals surface area contributed by atoms with E-state index in [0.717, 1.165) is 25.9 Å². The quantitative estimate of drug-likeness (QED) is 0.872. The molecule has 1 aromatic carbocycles. The fourth-order valence-corrected chi connectivity index (χ4v) is 3.42. The van der Waals surface area contributed by atoms with Gasteiger partial charge in [-0.05, 0) is 37.9 Å². The Kier molecular flexibility index (Phi) is 2.87. The van der Waals surface area contributed by atoms with Crippen LogP contribution in [0.4, 0.5) is 8.78 Å². The molecule has 0 aromatic heterocycles. The highest BCUT2D eigenvalue weighted by molar-refractivity contribution is 5.23. The van der Waals surface area contributed by atoms with Crippen molar-refractivity contribution in [1.29, 1.82) is 0 Å². The molecule has 0 spiro atoms. The smallest absolute Gasteiger partial charge is 0.129 e. The van der Waals surface area contributed by atoms with Gasteiger partial charge >= 0.3 is 0 Å². The third-order valence-corrected chi connectivity index (χ3v) is 4.36. The Hall–Kier alpha value is -1.00. The Morgan fingerprint density at radius 1 is 1.28 bits per heavy atom. The molecule has 4 heteroatoms. The van der Waals surface area contributed by atoms with Crippen molar-refractivity contribution in [3.8, 4) is 0 Å². The second-order valence-corrected chi connectivity index (χ2v) is 5.42. The largest absolute Gasteiger partial charge is 0.388 e. The van der Waals surface area contributed by atoms with Crippen LogP contribution in [0.5, 0.6) is 0 Å². The van der Waals surface area contributed by atoms with Gasteiger partial charge in [0, 0.05) is 24.6 Å². The summed E-state index contributed by atoms with van der Waals surface area (Å²) in [5, 5.41) is 10.7. The lowest BCUT2D eigenvalue weighted by Crippen LogP contribution is -2.43. The van der Waals surface area contributed by atoms with Crippen molar-refractivity contribution in [2.45, 2.75) is 37.3 Å². The molecule has 2 fully saturated rings. The second kappa shape index (κ2) is 4.28. The van der Waals surface area contributed by atoms with Gasteiger partial charge in [0.25, 0.3) is 0 Å². The summed E-state index contributed by atoms with van der Waals surface area (Å²) in [6, 6.07) is 3.93. The molecule has 1 aromatic rings. The minimum absolute atomic E-state index is 0.0220. The van der Waals surface area contributed by atoms with Crippen molar-refractivity contribution in [2.75, 3.05) is 13.1 Å². The van der Waals surface area contributed by atoms with Gasteiger partial charge in [-0.1, -0.05) is 6.07 Å². The van der Waals surface area contributed by atoms with Crippen LogP contribution in [0.15, 0.2) is 18.2 Å². The molecule has 18 heavy (non-hydrogen) atoms. The van der Waals surface area contributed by atoms with E-state index in [2.05, 4.69) is 4.90 Å². The molecule has 0 amide bonds. The van der Waals surface area contributed by atoms with Crippen molar-refractivity contribution < 1.29 is 13.9 Å². The summed E-state index contributed by atoms with van der Waals surface area (Å²) in [7, 11) is 0. The molecule has 0 saturated carbocycles. The lowest BCUT2D eigenvalue weighted by atomic mass is 9.86. The molecule has 3 rings (SSSR count). The van der Waals surface area contributed by atoms with Crippen molar-refractivity contribution >= 4 is 0 Å². The number of fused-ring (bicyclic) bond motifs is 1. The summed E-state index contributed by atoms with van der Waals surface area (Å²) in [5.41, 5.74) is -0.951. The molecule has 98 valence electrons. The first-order valence-corrected chi connectivity index (χ1v) is 6.49. The van der Waals surface area contributed by atoms with E-state index in [-0.39, 0.29) is 18.0 Å². The minimum atomic E-state index is -0.973. The lowest BCUT2D eigenvalue weighted by Gasteiger charge is -2.30. The predicted molar refractivity (Wildman–Crippen MR) is 64.2 cm³/mol. The predicted octanol–water partition coefficient (Wildman–Crippen LogP) is 2.11. The van der Waals surface area contributed by atoms with Crippen molar-refractivity contribution in [2.24, 2.45) is 0 Å². The van der Waals surface area contributed by atoms with E-state index < -0.39 is 17.2 Å². The fourth-order valence-electron chi connectivity index (χ4n) is 3.42. The number of hydrogen-bond acceptors (Lipinski definition) is 2. The highest BCUT2D eigenvalue weighted by atomic mass is 19.1. The first kappa shape index (κ1) is 12.1. The Bertz CT molecular complexity index is 445. The molecule has 2 unspecified atom stereocenters. The number of halogens is 2. The average Bonchev–Trinajstić information content (AvgIpc) is 2.90. The van der Waals surface area contributed by atoms with E-state index in [9.17, 15) is 13.9 Å². The van der Waals surface area contributed by atoms with Gasteiger partial charge in [0.1, 0.15) is 11.6 Å². The molecule has 0 radical (unpaired) electrons. The first-order valence-electron chi connectivity index (χ1n) is 6.49. The lowest BCUT2D eigenvalue weighted by molar-refractivity contribution is 0.0126. The highest BCUT2D eigenvalue weighted by Crippen LogP contribution is 2.38. The zero-order valence-electron chi connectivity index (χ0n) is 10.2. The zero-order valence-corrected chi connectivity index (χ0v) is 10.2. The number of benzene rings is 1. The van der Waals surface area contributed by atoms with Crippen LogP contribution >= 0.6 is 0 Å². The van der Waals surface area contributed by atoms with Gasteiger partial charge in [-0.2, -0.15) is 0 Å². The number of hydrogen-bond donors (Lipinski definition) is 1. The number of nitrogens with zero attached hydrogens (tertiary/aromatic N) is 1. The average molecular weight is 253 g/mol. The van der Waals surface area contributed by atoms with Crippen LogP contribution < -0.4 is 0 Å². The van der Waals surface area contributed by atoms with Crippen molar-refractivity contribution in [3.63, 3.8) is 0 Å². The molecule has 2 atom stereocenters. The molecule has 2 aliphatic rings. The van der Waals surface area contributed by atoms with Crippen LogP contribution in [0, 0.1) is 11.6 Å². The number of rotatable bonds is 2. The molecule has 2 heterocycles. The van der Waals surface area contributed by atoms with Crippen molar-refractivity contribution in [3.05, 3.63) is 35.4 Å². The van der Waals surface area contributed by atoms with E-state index in [1.54, 1.807) is 0 Å². The van der Waals surface area contributed by atoms with Gasteiger partial charge in [-0.15, -0.1) is 0 Å². The molecular weight excluding hydrogens is 236 g/mol. The van der Waals surface area contributed by atoms with Gasteiger partial charge in [0.2, 0.25) is 0 Å². The standard InChI is InChI=1S/C14H17F2NO/c15-11-3-1-4-12(16)10(11)9-14(18)6-8-17-7-2-5-13(14)17/h1,3-4,13,18H,2,5-9H2. The van der Waals surface area contributed by atoms with E-state index in [1.165, 1.54) is 18.2 Å². The molecule has 1 N–H and O–H groups in total. The molecule has 2 nitrogen and oxygen atoms in total.